The third-order valence-electron chi connectivity index (χ3n) is 2.79. The zero-order chi connectivity index (χ0) is 15.4. The first-order valence-corrected chi connectivity index (χ1v) is 5.86. The van der Waals surface area contributed by atoms with Crippen molar-refractivity contribution >= 4 is 12.0 Å². The molecule has 0 aliphatic rings. The quantitative estimate of drug-likeness (QED) is 0.847. The standard InChI is InChI=1S/C14H15F3O3/c1-3-10-4-6-11(7-5-10)8-9-20-12(18)13(2,19)14(15,16)17/h3-7,19H,1,8-9H2,2H3. The van der Waals surface area contributed by atoms with Crippen LogP contribution in [0, 0.1) is 0 Å². The van der Waals surface area contributed by atoms with Gasteiger partial charge in [0.25, 0.3) is 5.60 Å². The van der Waals surface area contributed by atoms with Crippen molar-refractivity contribution in [3.8, 4) is 0 Å². The van der Waals surface area contributed by atoms with Gasteiger partial charge in [-0.25, -0.2) is 4.79 Å². The van der Waals surface area contributed by atoms with E-state index in [1.807, 2.05) is 0 Å². The van der Waals surface area contributed by atoms with Crippen LogP contribution in [0.25, 0.3) is 6.08 Å². The predicted molar refractivity (Wildman–Crippen MR) is 67.9 cm³/mol. The topological polar surface area (TPSA) is 46.5 Å². The summed E-state index contributed by atoms with van der Waals surface area (Å²) in [7, 11) is 0. The van der Waals surface area contributed by atoms with Crippen LogP contribution in [0.3, 0.4) is 0 Å². The van der Waals surface area contributed by atoms with E-state index >= 15 is 0 Å². The first-order valence-electron chi connectivity index (χ1n) is 5.86. The van der Waals surface area contributed by atoms with E-state index in [0.29, 0.717) is 6.92 Å². The number of benzene rings is 1. The lowest BCUT2D eigenvalue weighted by Gasteiger charge is -2.23. The Hall–Kier alpha value is -1.82. The molecule has 0 saturated heterocycles. The number of halogens is 3. The highest BCUT2D eigenvalue weighted by atomic mass is 19.4. The van der Waals surface area contributed by atoms with Crippen LogP contribution in [-0.2, 0) is 16.0 Å². The molecule has 110 valence electrons. The minimum absolute atomic E-state index is 0.238. The minimum Gasteiger partial charge on any atom is -0.463 e. The van der Waals surface area contributed by atoms with Gasteiger partial charge in [0.15, 0.2) is 0 Å². The Bertz CT molecular complexity index is 475. The van der Waals surface area contributed by atoms with E-state index in [-0.39, 0.29) is 13.0 Å². The number of carbonyl (C=O) groups is 1. The molecule has 0 aromatic heterocycles. The number of hydrogen-bond acceptors (Lipinski definition) is 3. The van der Waals surface area contributed by atoms with Crippen LogP contribution in [0.15, 0.2) is 30.8 Å². The van der Waals surface area contributed by atoms with E-state index in [2.05, 4.69) is 11.3 Å². The zero-order valence-corrected chi connectivity index (χ0v) is 10.9. The summed E-state index contributed by atoms with van der Waals surface area (Å²) >= 11 is 0. The minimum atomic E-state index is -5.06. The van der Waals surface area contributed by atoms with Gasteiger partial charge in [0.2, 0.25) is 0 Å². The van der Waals surface area contributed by atoms with Crippen LogP contribution in [0.1, 0.15) is 18.1 Å². The Kier molecular flexibility index (Phi) is 4.94. The molecule has 1 aromatic rings. The smallest absolute Gasteiger partial charge is 0.427 e. The number of carbonyl (C=O) groups excluding carboxylic acids is 1. The molecule has 0 aliphatic carbocycles. The van der Waals surface area contributed by atoms with Gasteiger partial charge in [0.05, 0.1) is 6.61 Å². The Labute approximate surface area is 114 Å². The fourth-order valence-corrected chi connectivity index (χ4v) is 1.34. The average Bonchev–Trinajstić information content (AvgIpc) is 2.38. The van der Waals surface area contributed by atoms with Crippen LogP contribution in [0.2, 0.25) is 0 Å². The Morgan fingerprint density at radius 3 is 2.35 bits per heavy atom. The van der Waals surface area contributed by atoms with Crippen molar-refractivity contribution in [1.82, 2.24) is 0 Å². The number of aliphatic hydroxyl groups is 1. The highest BCUT2D eigenvalue weighted by Crippen LogP contribution is 2.30. The predicted octanol–water partition coefficient (Wildman–Crippen LogP) is 2.73. The Balaban J connectivity index is 2.51. The van der Waals surface area contributed by atoms with E-state index in [1.165, 1.54) is 0 Å². The fraction of sp³-hybridized carbons (Fsp3) is 0.357. The molecule has 0 spiro atoms. The van der Waals surface area contributed by atoms with Crippen molar-refractivity contribution < 1.29 is 27.8 Å². The number of alkyl halides is 3. The second-order valence-corrected chi connectivity index (χ2v) is 4.40. The van der Waals surface area contributed by atoms with Gasteiger partial charge in [-0.05, 0) is 18.1 Å². The molecule has 1 N–H and O–H groups in total. The number of rotatable bonds is 5. The molecule has 1 aromatic carbocycles. The second-order valence-electron chi connectivity index (χ2n) is 4.40. The van der Waals surface area contributed by atoms with Crippen molar-refractivity contribution in [2.45, 2.75) is 25.1 Å². The van der Waals surface area contributed by atoms with E-state index in [0.717, 1.165) is 11.1 Å². The summed E-state index contributed by atoms with van der Waals surface area (Å²) in [4.78, 5) is 11.2. The normalized spacial score (nSPS) is 14.4. The maximum absolute atomic E-state index is 12.4. The summed E-state index contributed by atoms with van der Waals surface area (Å²) in [5.41, 5.74) is -1.78. The van der Waals surface area contributed by atoms with Crippen molar-refractivity contribution in [2.24, 2.45) is 0 Å². The zero-order valence-electron chi connectivity index (χ0n) is 10.9. The lowest BCUT2D eigenvalue weighted by Crippen LogP contribution is -2.50. The molecule has 0 bridgehead atoms. The molecule has 0 saturated carbocycles. The summed E-state index contributed by atoms with van der Waals surface area (Å²) in [6.45, 7) is 3.72. The number of esters is 1. The monoisotopic (exact) mass is 288 g/mol. The van der Waals surface area contributed by atoms with Gasteiger partial charge < -0.3 is 9.84 Å². The van der Waals surface area contributed by atoms with Crippen LogP contribution in [-0.4, -0.2) is 29.5 Å². The van der Waals surface area contributed by atoms with Crippen LogP contribution < -0.4 is 0 Å². The van der Waals surface area contributed by atoms with E-state index < -0.39 is 17.7 Å². The number of ether oxygens (including phenoxy) is 1. The molecule has 0 aliphatic heterocycles. The van der Waals surface area contributed by atoms with Gasteiger partial charge in [0.1, 0.15) is 0 Å². The highest BCUT2D eigenvalue weighted by Gasteiger charge is 2.57. The molecule has 1 atom stereocenters. The maximum atomic E-state index is 12.4. The maximum Gasteiger partial charge on any atom is 0.427 e. The molecule has 20 heavy (non-hydrogen) atoms. The van der Waals surface area contributed by atoms with Gasteiger partial charge >= 0.3 is 12.1 Å². The summed E-state index contributed by atoms with van der Waals surface area (Å²) < 4.78 is 41.5. The van der Waals surface area contributed by atoms with E-state index in [1.54, 1.807) is 30.3 Å². The SMILES string of the molecule is C=Cc1ccc(CCOC(=O)C(C)(O)C(F)(F)F)cc1. The van der Waals surface area contributed by atoms with Crippen LogP contribution in [0.5, 0.6) is 0 Å². The van der Waals surface area contributed by atoms with Gasteiger partial charge in [-0.15, -0.1) is 0 Å². The summed E-state index contributed by atoms with van der Waals surface area (Å²) in [6.07, 6.45) is -3.14. The van der Waals surface area contributed by atoms with E-state index in [4.69, 9.17) is 5.11 Å². The molecule has 0 heterocycles. The molecular weight excluding hydrogens is 273 g/mol. The van der Waals surface area contributed by atoms with Gasteiger partial charge in [0, 0.05) is 6.42 Å². The third kappa shape index (κ3) is 3.84. The lowest BCUT2D eigenvalue weighted by molar-refractivity contribution is -0.256. The lowest BCUT2D eigenvalue weighted by atomic mass is 10.1. The summed E-state index contributed by atoms with van der Waals surface area (Å²) in [5.74, 6) is -1.70. The molecule has 1 rings (SSSR count). The van der Waals surface area contributed by atoms with Crippen LogP contribution >= 0.6 is 0 Å². The molecule has 3 nitrogen and oxygen atoms in total. The first kappa shape index (κ1) is 16.2. The Morgan fingerprint density at radius 2 is 1.90 bits per heavy atom. The molecule has 0 amide bonds. The van der Waals surface area contributed by atoms with Gasteiger partial charge in [-0.2, -0.15) is 13.2 Å². The van der Waals surface area contributed by atoms with Crippen LogP contribution in [0.4, 0.5) is 13.2 Å². The fourth-order valence-electron chi connectivity index (χ4n) is 1.34. The van der Waals surface area contributed by atoms with Crippen molar-refractivity contribution in [2.75, 3.05) is 6.61 Å². The molecule has 1 unspecified atom stereocenters. The number of hydrogen-bond donors (Lipinski definition) is 1. The van der Waals surface area contributed by atoms with Crippen molar-refractivity contribution in [3.63, 3.8) is 0 Å². The second kappa shape index (κ2) is 6.09. The van der Waals surface area contributed by atoms with Gasteiger partial charge in [-0.3, -0.25) is 0 Å². The third-order valence-corrected chi connectivity index (χ3v) is 2.79. The first-order chi connectivity index (χ1) is 9.18. The summed E-state index contributed by atoms with van der Waals surface area (Å²) in [6, 6.07) is 7.09. The largest absolute Gasteiger partial charge is 0.463 e. The molecule has 6 heteroatoms. The van der Waals surface area contributed by atoms with Crippen molar-refractivity contribution in [1.29, 1.82) is 0 Å². The van der Waals surface area contributed by atoms with E-state index in [9.17, 15) is 18.0 Å². The molecule has 0 fully saturated rings. The van der Waals surface area contributed by atoms with Gasteiger partial charge in [-0.1, -0.05) is 36.9 Å². The molecular formula is C14H15F3O3. The average molecular weight is 288 g/mol. The molecule has 0 radical (unpaired) electrons. The highest BCUT2D eigenvalue weighted by molar-refractivity contribution is 5.79. The van der Waals surface area contributed by atoms with Crippen molar-refractivity contribution in [3.05, 3.63) is 42.0 Å². The Morgan fingerprint density at radius 1 is 1.35 bits per heavy atom. The summed E-state index contributed by atoms with van der Waals surface area (Å²) in [5, 5.41) is 9.07.